The molecule has 0 aromatic rings. The molecule has 0 spiro atoms. The van der Waals surface area contributed by atoms with Crippen molar-refractivity contribution < 1.29 is 0 Å². The zero-order valence-electron chi connectivity index (χ0n) is 10.5. The predicted molar refractivity (Wildman–Crippen MR) is 61.0 cm³/mol. The van der Waals surface area contributed by atoms with Crippen LogP contribution in [-0.4, -0.2) is 11.1 Å². The van der Waals surface area contributed by atoms with Gasteiger partial charge >= 0.3 is 0 Å². The van der Waals surface area contributed by atoms with Crippen LogP contribution in [0.4, 0.5) is 0 Å². The summed E-state index contributed by atoms with van der Waals surface area (Å²) < 4.78 is 0. The summed E-state index contributed by atoms with van der Waals surface area (Å²) in [6.07, 6.45) is 2.55. The molecule has 0 aliphatic rings. The van der Waals surface area contributed by atoms with Crippen molar-refractivity contribution in [2.75, 3.05) is 0 Å². The van der Waals surface area contributed by atoms with Crippen LogP contribution in [0.15, 0.2) is 0 Å². The Morgan fingerprint density at radius 1 is 1.00 bits per heavy atom. The van der Waals surface area contributed by atoms with Gasteiger partial charge in [-0.15, -0.1) is 0 Å². The van der Waals surface area contributed by atoms with Crippen LogP contribution in [0.5, 0.6) is 0 Å². The molecule has 1 N–H and O–H groups in total. The van der Waals surface area contributed by atoms with E-state index in [1.807, 2.05) is 0 Å². The molecule has 0 fully saturated rings. The molecule has 0 aromatic heterocycles. The average Bonchev–Trinajstić information content (AvgIpc) is 1.78. The van der Waals surface area contributed by atoms with Gasteiger partial charge in [0, 0.05) is 11.1 Å². The summed E-state index contributed by atoms with van der Waals surface area (Å²) in [5, 5.41) is 3.65. The third-order valence-corrected chi connectivity index (χ3v) is 2.06. The molecule has 0 aromatic carbocycles. The predicted octanol–water partition coefficient (Wildman–Crippen LogP) is 3.59. The Kier molecular flexibility index (Phi) is 4.44. The highest BCUT2D eigenvalue weighted by molar-refractivity contribution is 4.85. The van der Waals surface area contributed by atoms with Gasteiger partial charge in [0.2, 0.25) is 0 Å². The molecule has 0 atom stereocenters. The van der Waals surface area contributed by atoms with Gasteiger partial charge < -0.3 is 5.32 Å². The van der Waals surface area contributed by atoms with Crippen LogP contribution in [0.1, 0.15) is 61.3 Å². The van der Waals surface area contributed by atoms with Crippen molar-refractivity contribution >= 4 is 0 Å². The molecule has 0 aliphatic heterocycles. The van der Waals surface area contributed by atoms with E-state index >= 15 is 0 Å². The summed E-state index contributed by atoms with van der Waals surface area (Å²) in [6.45, 7) is 15.8. The van der Waals surface area contributed by atoms with Crippen LogP contribution in [-0.2, 0) is 0 Å². The first-order valence-corrected chi connectivity index (χ1v) is 5.42. The maximum Gasteiger partial charge on any atom is 0.0130 e. The van der Waals surface area contributed by atoms with Gasteiger partial charge in [0.1, 0.15) is 0 Å². The lowest BCUT2D eigenvalue weighted by molar-refractivity contribution is 0.254. The van der Waals surface area contributed by atoms with Crippen LogP contribution in [0.3, 0.4) is 0 Å². The Morgan fingerprint density at radius 2 is 1.46 bits per heavy atom. The maximum absolute atomic E-state index is 3.65. The van der Waals surface area contributed by atoms with Crippen molar-refractivity contribution in [3.05, 3.63) is 0 Å². The van der Waals surface area contributed by atoms with E-state index in [0.717, 1.165) is 5.92 Å². The second-order valence-electron chi connectivity index (χ2n) is 6.19. The summed E-state index contributed by atoms with van der Waals surface area (Å²) >= 11 is 0. The molecule has 0 unspecified atom stereocenters. The molecule has 0 saturated heterocycles. The first kappa shape index (κ1) is 13.0. The Balaban J connectivity index is 3.94. The highest BCUT2D eigenvalue weighted by atomic mass is 15.0. The minimum Gasteiger partial charge on any atom is -0.307 e. The summed E-state index contributed by atoms with van der Waals surface area (Å²) in [5.74, 6) is 0.807. The van der Waals surface area contributed by atoms with Crippen molar-refractivity contribution in [3.63, 3.8) is 0 Å². The van der Waals surface area contributed by atoms with E-state index in [1.54, 1.807) is 0 Å². The monoisotopic (exact) mass is 185 g/mol. The summed E-state index contributed by atoms with van der Waals surface area (Å²) in [7, 11) is 0. The van der Waals surface area contributed by atoms with Crippen molar-refractivity contribution in [1.29, 1.82) is 0 Å². The Bertz CT molecular complexity index is 140. The number of hydrogen-bond donors (Lipinski definition) is 1. The lowest BCUT2D eigenvalue weighted by Crippen LogP contribution is -2.50. The smallest absolute Gasteiger partial charge is 0.0130 e. The van der Waals surface area contributed by atoms with E-state index < -0.39 is 0 Å². The molecule has 0 radical (unpaired) electrons. The van der Waals surface area contributed by atoms with Crippen LogP contribution in [0.25, 0.3) is 0 Å². The molecule has 0 heterocycles. The van der Waals surface area contributed by atoms with Crippen LogP contribution >= 0.6 is 0 Å². The highest BCUT2D eigenvalue weighted by Gasteiger charge is 2.23. The quantitative estimate of drug-likeness (QED) is 0.706. The van der Waals surface area contributed by atoms with E-state index in [2.05, 4.69) is 53.8 Å². The second kappa shape index (κ2) is 4.45. The summed E-state index contributed by atoms with van der Waals surface area (Å²) in [5.41, 5.74) is 0.489. The first-order valence-electron chi connectivity index (χ1n) is 5.42. The molecule has 0 saturated carbocycles. The topological polar surface area (TPSA) is 12.0 Å². The minimum atomic E-state index is 0.223. The Morgan fingerprint density at radius 3 is 1.77 bits per heavy atom. The molecule has 0 rings (SSSR count). The van der Waals surface area contributed by atoms with E-state index in [-0.39, 0.29) is 11.1 Å². The fraction of sp³-hybridized carbons (Fsp3) is 1.00. The third-order valence-electron chi connectivity index (χ3n) is 2.06. The Hall–Kier alpha value is -0.0400. The van der Waals surface area contributed by atoms with Crippen molar-refractivity contribution in [2.45, 2.75) is 72.4 Å². The fourth-order valence-corrected chi connectivity index (χ4v) is 1.73. The molecular weight excluding hydrogens is 158 g/mol. The van der Waals surface area contributed by atoms with Crippen LogP contribution in [0, 0.1) is 5.92 Å². The molecule has 0 amide bonds. The summed E-state index contributed by atoms with van der Waals surface area (Å²) in [6, 6.07) is 0. The van der Waals surface area contributed by atoms with Gasteiger partial charge in [0.15, 0.2) is 0 Å². The molecule has 80 valence electrons. The van der Waals surface area contributed by atoms with Gasteiger partial charge in [-0.05, 0) is 53.4 Å². The molecular formula is C12H27N. The SMILES string of the molecule is CC(C)CCC(C)(C)NC(C)(C)C. The van der Waals surface area contributed by atoms with Crippen LogP contribution in [0.2, 0.25) is 0 Å². The fourth-order valence-electron chi connectivity index (χ4n) is 1.73. The number of hydrogen-bond acceptors (Lipinski definition) is 1. The van der Waals surface area contributed by atoms with E-state index in [9.17, 15) is 0 Å². The highest BCUT2D eigenvalue weighted by Crippen LogP contribution is 2.18. The van der Waals surface area contributed by atoms with Crippen molar-refractivity contribution in [2.24, 2.45) is 5.92 Å². The first-order chi connectivity index (χ1) is 5.62. The van der Waals surface area contributed by atoms with Crippen LogP contribution < -0.4 is 5.32 Å². The van der Waals surface area contributed by atoms with E-state index in [0.29, 0.717) is 0 Å². The van der Waals surface area contributed by atoms with Gasteiger partial charge in [-0.2, -0.15) is 0 Å². The average molecular weight is 185 g/mol. The lowest BCUT2D eigenvalue weighted by atomic mass is 9.91. The normalized spacial score (nSPS) is 13.8. The van der Waals surface area contributed by atoms with Gasteiger partial charge in [-0.25, -0.2) is 0 Å². The van der Waals surface area contributed by atoms with Gasteiger partial charge in [0.25, 0.3) is 0 Å². The zero-order valence-corrected chi connectivity index (χ0v) is 10.5. The molecule has 0 aliphatic carbocycles. The molecule has 13 heavy (non-hydrogen) atoms. The van der Waals surface area contributed by atoms with Gasteiger partial charge in [-0.1, -0.05) is 13.8 Å². The van der Waals surface area contributed by atoms with E-state index in [1.165, 1.54) is 12.8 Å². The molecule has 0 bridgehead atoms. The third kappa shape index (κ3) is 8.29. The number of rotatable bonds is 4. The zero-order chi connectivity index (χ0) is 10.7. The minimum absolute atomic E-state index is 0.223. The van der Waals surface area contributed by atoms with Crippen molar-refractivity contribution in [1.82, 2.24) is 5.32 Å². The number of nitrogens with one attached hydrogen (secondary N) is 1. The largest absolute Gasteiger partial charge is 0.307 e. The van der Waals surface area contributed by atoms with Crippen molar-refractivity contribution in [3.8, 4) is 0 Å². The summed E-state index contributed by atoms with van der Waals surface area (Å²) in [4.78, 5) is 0. The van der Waals surface area contributed by atoms with Gasteiger partial charge in [0.05, 0.1) is 0 Å². The molecule has 1 heteroatoms. The maximum atomic E-state index is 3.65. The second-order valence-corrected chi connectivity index (χ2v) is 6.19. The Labute approximate surface area is 84.3 Å². The lowest BCUT2D eigenvalue weighted by Gasteiger charge is -2.35. The standard InChI is InChI=1S/C12H27N/c1-10(2)8-9-12(6,7)13-11(3,4)5/h10,13H,8-9H2,1-7H3. The van der Waals surface area contributed by atoms with E-state index in [4.69, 9.17) is 0 Å². The van der Waals surface area contributed by atoms with Gasteiger partial charge in [-0.3, -0.25) is 0 Å². The molecule has 1 nitrogen and oxygen atoms in total.